The van der Waals surface area contributed by atoms with Crippen molar-refractivity contribution in [3.8, 4) is 0 Å². The van der Waals surface area contributed by atoms with Crippen molar-refractivity contribution in [1.82, 2.24) is 4.90 Å². The summed E-state index contributed by atoms with van der Waals surface area (Å²) in [6, 6.07) is 5.95. The minimum atomic E-state index is -0.476. The Bertz CT molecular complexity index is 583. The third kappa shape index (κ3) is 4.54. The van der Waals surface area contributed by atoms with E-state index in [4.69, 9.17) is 15.2 Å². The van der Waals surface area contributed by atoms with E-state index in [1.807, 2.05) is 45.9 Å². The van der Waals surface area contributed by atoms with Gasteiger partial charge in [0.25, 0.3) is 0 Å². The minimum Gasteiger partial charge on any atom is -0.444 e. The summed E-state index contributed by atoms with van der Waals surface area (Å²) in [5, 5.41) is 0. The number of piperazine rings is 1. The van der Waals surface area contributed by atoms with Crippen LogP contribution in [0.3, 0.4) is 0 Å². The first-order valence-corrected chi connectivity index (χ1v) is 8.33. The Hall–Kier alpha value is -1.95. The highest BCUT2D eigenvalue weighted by Crippen LogP contribution is 2.27. The van der Waals surface area contributed by atoms with Crippen molar-refractivity contribution in [2.45, 2.75) is 45.9 Å². The Labute approximate surface area is 144 Å². The van der Waals surface area contributed by atoms with Gasteiger partial charge in [-0.05, 0) is 45.9 Å². The molecule has 1 fully saturated rings. The van der Waals surface area contributed by atoms with Crippen LogP contribution in [0.5, 0.6) is 0 Å². The molecule has 0 bridgehead atoms. The molecule has 24 heavy (non-hydrogen) atoms. The third-order valence-corrected chi connectivity index (χ3v) is 4.00. The summed E-state index contributed by atoms with van der Waals surface area (Å²) in [5.41, 5.74) is 8.32. The average Bonchev–Trinajstić information content (AvgIpc) is 2.45. The van der Waals surface area contributed by atoms with Crippen LogP contribution in [0.25, 0.3) is 0 Å². The fraction of sp³-hybridized carbons (Fsp3) is 0.611. The second-order valence-electron chi connectivity index (χ2n) is 7.29. The van der Waals surface area contributed by atoms with E-state index in [1.165, 1.54) is 0 Å². The number of anilines is 2. The van der Waals surface area contributed by atoms with E-state index in [9.17, 15) is 4.79 Å². The van der Waals surface area contributed by atoms with Crippen LogP contribution in [0.2, 0.25) is 0 Å². The van der Waals surface area contributed by atoms with Crippen LogP contribution >= 0.6 is 0 Å². The number of nitrogen functional groups attached to an aromatic ring is 1. The Morgan fingerprint density at radius 1 is 1.33 bits per heavy atom. The van der Waals surface area contributed by atoms with Gasteiger partial charge in [-0.25, -0.2) is 4.79 Å². The highest BCUT2D eigenvalue weighted by molar-refractivity contribution is 5.69. The third-order valence-electron chi connectivity index (χ3n) is 4.00. The van der Waals surface area contributed by atoms with E-state index in [2.05, 4.69) is 4.90 Å². The number of hydrogen-bond donors (Lipinski definition) is 1. The van der Waals surface area contributed by atoms with Gasteiger partial charge in [-0.15, -0.1) is 0 Å². The SMILES string of the molecule is COCc1cc(N)ccc1N1CCN(C(=O)OC(C)(C)C)[C@H](C)C1. The molecule has 2 N–H and O–H groups in total. The number of methoxy groups -OCH3 is 1. The van der Waals surface area contributed by atoms with Gasteiger partial charge in [0, 0.05) is 49.7 Å². The normalized spacial score (nSPS) is 18.6. The summed E-state index contributed by atoms with van der Waals surface area (Å²) in [7, 11) is 1.68. The van der Waals surface area contributed by atoms with Crippen molar-refractivity contribution in [2.24, 2.45) is 0 Å². The van der Waals surface area contributed by atoms with Gasteiger partial charge in [-0.3, -0.25) is 0 Å². The molecule has 1 aliphatic rings. The number of amides is 1. The highest BCUT2D eigenvalue weighted by Gasteiger charge is 2.31. The Morgan fingerprint density at radius 3 is 2.62 bits per heavy atom. The summed E-state index contributed by atoms with van der Waals surface area (Å²) >= 11 is 0. The smallest absolute Gasteiger partial charge is 0.410 e. The summed E-state index contributed by atoms with van der Waals surface area (Å²) < 4.78 is 10.8. The van der Waals surface area contributed by atoms with E-state index in [0.29, 0.717) is 13.2 Å². The van der Waals surface area contributed by atoms with Crippen LogP contribution in [-0.4, -0.2) is 49.4 Å². The molecule has 1 aromatic rings. The minimum absolute atomic E-state index is 0.0709. The van der Waals surface area contributed by atoms with Gasteiger partial charge in [-0.1, -0.05) is 0 Å². The number of nitrogens with zero attached hydrogens (tertiary/aromatic N) is 2. The van der Waals surface area contributed by atoms with Crippen molar-refractivity contribution in [3.63, 3.8) is 0 Å². The summed E-state index contributed by atoms with van der Waals surface area (Å²) in [6.45, 7) is 10.4. The largest absolute Gasteiger partial charge is 0.444 e. The molecule has 1 aliphatic heterocycles. The van der Waals surface area contributed by atoms with Gasteiger partial charge in [0.15, 0.2) is 0 Å². The summed E-state index contributed by atoms with van der Waals surface area (Å²) in [6.07, 6.45) is -0.246. The van der Waals surface area contributed by atoms with Gasteiger partial charge in [0.05, 0.1) is 6.61 Å². The molecule has 2 rings (SSSR count). The first-order valence-electron chi connectivity index (χ1n) is 8.33. The van der Waals surface area contributed by atoms with E-state index in [0.717, 1.165) is 30.0 Å². The molecule has 6 nitrogen and oxygen atoms in total. The second kappa shape index (κ2) is 7.30. The Balaban J connectivity index is 2.09. The number of carbonyl (C=O) groups is 1. The number of rotatable bonds is 3. The average molecular weight is 335 g/mol. The molecule has 0 aliphatic carbocycles. The van der Waals surface area contributed by atoms with Gasteiger partial charge < -0.3 is 25.0 Å². The van der Waals surface area contributed by atoms with E-state index in [-0.39, 0.29) is 12.1 Å². The molecule has 0 saturated carbocycles. The number of benzene rings is 1. The molecule has 134 valence electrons. The number of hydrogen-bond acceptors (Lipinski definition) is 5. The molecule has 0 spiro atoms. The van der Waals surface area contributed by atoms with Crippen molar-refractivity contribution >= 4 is 17.5 Å². The zero-order chi connectivity index (χ0) is 17.9. The number of nitrogens with two attached hydrogens (primary N) is 1. The summed E-state index contributed by atoms with van der Waals surface area (Å²) in [5.74, 6) is 0. The molecular weight excluding hydrogens is 306 g/mol. The zero-order valence-corrected chi connectivity index (χ0v) is 15.3. The molecule has 1 amide bonds. The lowest BCUT2D eigenvalue weighted by Gasteiger charge is -2.41. The van der Waals surface area contributed by atoms with Crippen LogP contribution in [0.15, 0.2) is 18.2 Å². The number of ether oxygens (including phenoxy) is 2. The first kappa shape index (κ1) is 18.4. The first-order chi connectivity index (χ1) is 11.2. The molecule has 1 saturated heterocycles. The van der Waals surface area contributed by atoms with Crippen LogP contribution < -0.4 is 10.6 Å². The molecule has 1 heterocycles. The topological polar surface area (TPSA) is 68.0 Å². The standard InChI is InChI=1S/C18H29N3O3/c1-13-11-20(8-9-21(13)17(22)24-18(2,3)4)16-7-6-15(19)10-14(16)12-23-5/h6-7,10,13H,8-9,11-12,19H2,1-5H3/t13-/m1/s1. The molecule has 0 unspecified atom stereocenters. The fourth-order valence-corrected chi connectivity index (χ4v) is 2.95. The van der Waals surface area contributed by atoms with Crippen molar-refractivity contribution in [3.05, 3.63) is 23.8 Å². The van der Waals surface area contributed by atoms with Crippen LogP contribution in [0, 0.1) is 0 Å². The van der Waals surface area contributed by atoms with Crippen LogP contribution in [0.4, 0.5) is 16.2 Å². The van der Waals surface area contributed by atoms with Crippen molar-refractivity contribution in [2.75, 3.05) is 37.4 Å². The molecule has 0 aromatic heterocycles. The molecule has 0 radical (unpaired) electrons. The quantitative estimate of drug-likeness (QED) is 0.860. The second-order valence-corrected chi connectivity index (χ2v) is 7.29. The Kier molecular flexibility index (Phi) is 5.59. The van der Waals surface area contributed by atoms with Gasteiger partial charge >= 0.3 is 6.09 Å². The van der Waals surface area contributed by atoms with Crippen molar-refractivity contribution in [1.29, 1.82) is 0 Å². The maximum atomic E-state index is 12.3. The predicted molar refractivity (Wildman–Crippen MR) is 96.2 cm³/mol. The summed E-state index contributed by atoms with van der Waals surface area (Å²) in [4.78, 5) is 16.4. The Morgan fingerprint density at radius 2 is 2.04 bits per heavy atom. The highest BCUT2D eigenvalue weighted by atomic mass is 16.6. The van der Waals surface area contributed by atoms with Crippen LogP contribution in [-0.2, 0) is 16.1 Å². The van der Waals surface area contributed by atoms with E-state index >= 15 is 0 Å². The van der Waals surface area contributed by atoms with Gasteiger partial charge in [0.1, 0.15) is 5.60 Å². The van der Waals surface area contributed by atoms with Crippen LogP contribution in [0.1, 0.15) is 33.3 Å². The van der Waals surface area contributed by atoms with Gasteiger partial charge in [0.2, 0.25) is 0 Å². The molecule has 1 aromatic carbocycles. The predicted octanol–water partition coefficient (Wildman–Crippen LogP) is 2.86. The van der Waals surface area contributed by atoms with Gasteiger partial charge in [-0.2, -0.15) is 0 Å². The van der Waals surface area contributed by atoms with E-state index < -0.39 is 5.60 Å². The molecular formula is C18H29N3O3. The maximum Gasteiger partial charge on any atom is 0.410 e. The lowest BCUT2D eigenvalue weighted by atomic mass is 10.1. The molecule has 6 heteroatoms. The van der Waals surface area contributed by atoms with Crippen molar-refractivity contribution < 1.29 is 14.3 Å². The lowest BCUT2D eigenvalue weighted by molar-refractivity contribution is 0.0159. The zero-order valence-electron chi connectivity index (χ0n) is 15.3. The lowest BCUT2D eigenvalue weighted by Crippen LogP contribution is -2.55. The monoisotopic (exact) mass is 335 g/mol. The van der Waals surface area contributed by atoms with E-state index in [1.54, 1.807) is 12.0 Å². The number of carbonyl (C=O) groups excluding carboxylic acids is 1. The maximum absolute atomic E-state index is 12.3. The fourth-order valence-electron chi connectivity index (χ4n) is 2.95. The molecule has 1 atom stereocenters.